The molecule has 1 fully saturated rings. The molecule has 4 nitrogen and oxygen atoms in total. The number of benzene rings is 1. The van der Waals surface area contributed by atoms with Crippen molar-refractivity contribution in [2.24, 2.45) is 0 Å². The van der Waals surface area contributed by atoms with Gasteiger partial charge in [-0.15, -0.1) is 0 Å². The van der Waals surface area contributed by atoms with Gasteiger partial charge < -0.3 is 15.3 Å². The van der Waals surface area contributed by atoms with Crippen LogP contribution in [-0.2, 0) is 0 Å². The zero-order chi connectivity index (χ0) is 13.3. The number of carboxylic acids is 1. The van der Waals surface area contributed by atoms with Crippen LogP contribution in [0.3, 0.4) is 0 Å². The average molecular weight is 269 g/mol. The lowest BCUT2D eigenvalue weighted by atomic mass is 10.1. The zero-order valence-corrected chi connectivity index (χ0v) is 11.2. The highest BCUT2D eigenvalue weighted by atomic mass is 35.5. The van der Waals surface area contributed by atoms with Crippen LogP contribution in [0.2, 0.25) is 5.02 Å². The number of piperazine rings is 1. The van der Waals surface area contributed by atoms with Crippen LogP contribution < -0.4 is 10.2 Å². The Morgan fingerprint density at radius 2 is 2.00 bits per heavy atom. The molecule has 0 aliphatic carbocycles. The fourth-order valence-corrected chi connectivity index (χ4v) is 2.73. The summed E-state index contributed by atoms with van der Waals surface area (Å²) in [6.07, 6.45) is 0. The van der Waals surface area contributed by atoms with E-state index in [-0.39, 0.29) is 10.6 Å². The van der Waals surface area contributed by atoms with E-state index in [1.165, 1.54) is 0 Å². The molecule has 2 N–H and O–H groups in total. The van der Waals surface area contributed by atoms with Crippen LogP contribution in [0.1, 0.15) is 24.2 Å². The number of nitrogens with one attached hydrogen (secondary N) is 1. The number of hydrogen-bond acceptors (Lipinski definition) is 3. The topological polar surface area (TPSA) is 52.6 Å². The number of anilines is 1. The van der Waals surface area contributed by atoms with Gasteiger partial charge in [-0.3, -0.25) is 0 Å². The van der Waals surface area contributed by atoms with Crippen molar-refractivity contribution >= 4 is 23.3 Å². The summed E-state index contributed by atoms with van der Waals surface area (Å²) in [4.78, 5) is 13.2. The lowest BCUT2D eigenvalue weighted by Crippen LogP contribution is -2.55. The highest BCUT2D eigenvalue weighted by Crippen LogP contribution is 2.27. The van der Waals surface area contributed by atoms with Crippen molar-refractivity contribution in [1.29, 1.82) is 0 Å². The van der Waals surface area contributed by atoms with Crippen LogP contribution in [0.4, 0.5) is 5.69 Å². The zero-order valence-electron chi connectivity index (χ0n) is 10.5. The Bertz CT molecular complexity index is 454. The van der Waals surface area contributed by atoms with Crippen molar-refractivity contribution in [3.63, 3.8) is 0 Å². The molecule has 1 saturated heterocycles. The minimum atomic E-state index is -0.993. The lowest BCUT2D eigenvalue weighted by molar-refractivity contribution is 0.0697. The molecule has 0 radical (unpaired) electrons. The number of halogens is 1. The van der Waals surface area contributed by atoms with Crippen LogP contribution in [0.5, 0.6) is 0 Å². The van der Waals surface area contributed by atoms with Crippen LogP contribution >= 0.6 is 11.6 Å². The van der Waals surface area contributed by atoms with Crippen molar-refractivity contribution in [1.82, 2.24) is 5.32 Å². The molecule has 0 aromatic heterocycles. The average Bonchev–Trinajstić information content (AvgIpc) is 2.28. The summed E-state index contributed by atoms with van der Waals surface area (Å²) >= 11 is 6.02. The summed E-state index contributed by atoms with van der Waals surface area (Å²) in [6.45, 7) is 6.12. The van der Waals surface area contributed by atoms with Gasteiger partial charge >= 0.3 is 5.97 Å². The Morgan fingerprint density at radius 3 is 2.50 bits per heavy atom. The van der Waals surface area contributed by atoms with E-state index in [0.717, 1.165) is 18.8 Å². The molecule has 1 aliphatic rings. The van der Waals surface area contributed by atoms with E-state index in [9.17, 15) is 4.79 Å². The summed E-state index contributed by atoms with van der Waals surface area (Å²) in [7, 11) is 0. The maximum atomic E-state index is 10.9. The molecule has 1 heterocycles. The monoisotopic (exact) mass is 268 g/mol. The number of aromatic carboxylic acids is 1. The van der Waals surface area contributed by atoms with E-state index in [0.29, 0.717) is 12.1 Å². The van der Waals surface area contributed by atoms with E-state index in [1.54, 1.807) is 12.1 Å². The second-order valence-electron chi connectivity index (χ2n) is 4.73. The molecule has 1 aromatic rings. The van der Waals surface area contributed by atoms with Crippen molar-refractivity contribution in [2.75, 3.05) is 18.0 Å². The summed E-state index contributed by atoms with van der Waals surface area (Å²) in [6, 6.07) is 5.86. The summed E-state index contributed by atoms with van der Waals surface area (Å²) < 4.78 is 0. The second-order valence-corrected chi connectivity index (χ2v) is 5.14. The molecule has 18 heavy (non-hydrogen) atoms. The first kappa shape index (κ1) is 13.2. The van der Waals surface area contributed by atoms with Gasteiger partial charge in [-0.05, 0) is 32.0 Å². The molecular weight excluding hydrogens is 252 g/mol. The predicted octanol–water partition coefficient (Wildman–Crippen LogP) is 2.22. The first-order valence-electron chi connectivity index (χ1n) is 6.02. The highest BCUT2D eigenvalue weighted by molar-refractivity contribution is 6.33. The van der Waals surface area contributed by atoms with Crippen molar-refractivity contribution in [3.8, 4) is 0 Å². The van der Waals surface area contributed by atoms with Crippen LogP contribution in [0, 0.1) is 0 Å². The quantitative estimate of drug-likeness (QED) is 0.864. The Balaban J connectivity index is 2.33. The molecule has 0 saturated carbocycles. The van der Waals surface area contributed by atoms with Gasteiger partial charge in [0.1, 0.15) is 0 Å². The predicted molar refractivity (Wildman–Crippen MR) is 72.7 cm³/mol. The molecule has 98 valence electrons. The molecule has 1 aromatic carbocycles. The number of carbonyl (C=O) groups is 1. The van der Waals surface area contributed by atoms with Gasteiger partial charge in [0.15, 0.2) is 0 Å². The third kappa shape index (κ3) is 2.44. The van der Waals surface area contributed by atoms with Gasteiger partial charge in [-0.1, -0.05) is 11.6 Å². The van der Waals surface area contributed by atoms with Crippen LogP contribution in [0.25, 0.3) is 0 Å². The van der Waals surface area contributed by atoms with Gasteiger partial charge in [0.2, 0.25) is 0 Å². The fraction of sp³-hybridized carbons (Fsp3) is 0.462. The van der Waals surface area contributed by atoms with Gasteiger partial charge in [0, 0.05) is 30.9 Å². The van der Waals surface area contributed by atoms with Gasteiger partial charge in [-0.25, -0.2) is 4.79 Å². The van der Waals surface area contributed by atoms with E-state index < -0.39 is 5.97 Å². The number of hydrogen-bond donors (Lipinski definition) is 2. The third-order valence-electron chi connectivity index (χ3n) is 3.31. The number of carboxylic acid groups (broad SMARTS) is 1. The Morgan fingerprint density at radius 1 is 1.39 bits per heavy atom. The van der Waals surface area contributed by atoms with Gasteiger partial charge in [0.05, 0.1) is 10.6 Å². The van der Waals surface area contributed by atoms with E-state index in [4.69, 9.17) is 16.7 Å². The van der Waals surface area contributed by atoms with Crippen LogP contribution in [0.15, 0.2) is 18.2 Å². The summed E-state index contributed by atoms with van der Waals surface area (Å²) in [5, 5.41) is 12.6. The fourth-order valence-electron chi connectivity index (χ4n) is 2.48. The van der Waals surface area contributed by atoms with Crippen LogP contribution in [-0.4, -0.2) is 36.2 Å². The standard InChI is InChI=1S/C13H17ClN2O2/c1-8-6-15-7-9(2)16(8)10-3-4-11(13(17)18)12(14)5-10/h3-5,8-9,15H,6-7H2,1-2H3,(H,17,18). The SMILES string of the molecule is CC1CNCC(C)N1c1ccc(C(=O)O)c(Cl)c1. The maximum Gasteiger partial charge on any atom is 0.337 e. The molecule has 2 unspecified atom stereocenters. The Labute approximate surface area is 112 Å². The number of nitrogens with zero attached hydrogens (tertiary/aromatic N) is 1. The Hall–Kier alpha value is -1.26. The maximum absolute atomic E-state index is 10.9. The molecule has 5 heteroatoms. The van der Waals surface area contributed by atoms with E-state index in [1.807, 2.05) is 6.07 Å². The second kappa shape index (κ2) is 5.16. The number of rotatable bonds is 2. The van der Waals surface area contributed by atoms with Crippen molar-refractivity contribution < 1.29 is 9.90 Å². The highest BCUT2D eigenvalue weighted by Gasteiger charge is 2.25. The first-order valence-corrected chi connectivity index (χ1v) is 6.40. The Kier molecular flexibility index (Phi) is 3.78. The lowest BCUT2D eigenvalue weighted by Gasteiger charge is -2.41. The molecule has 2 atom stereocenters. The minimum Gasteiger partial charge on any atom is -0.478 e. The van der Waals surface area contributed by atoms with Crippen molar-refractivity contribution in [3.05, 3.63) is 28.8 Å². The molecule has 0 amide bonds. The molecule has 0 spiro atoms. The summed E-state index contributed by atoms with van der Waals surface area (Å²) in [5.41, 5.74) is 1.13. The molecule has 1 aliphatic heterocycles. The van der Waals surface area contributed by atoms with E-state index in [2.05, 4.69) is 24.1 Å². The first-order chi connectivity index (χ1) is 8.50. The van der Waals surface area contributed by atoms with E-state index >= 15 is 0 Å². The molecule has 2 rings (SSSR count). The van der Waals surface area contributed by atoms with Gasteiger partial charge in [-0.2, -0.15) is 0 Å². The minimum absolute atomic E-state index is 0.149. The molecule has 0 bridgehead atoms. The summed E-state index contributed by atoms with van der Waals surface area (Å²) in [5.74, 6) is -0.993. The van der Waals surface area contributed by atoms with Gasteiger partial charge in [0.25, 0.3) is 0 Å². The smallest absolute Gasteiger partial charge is 0.337 e. The normalized spacial score (nSPS) is 24.1. The largest absolute Gasteiger partial charge is 0.478 e. The molecular formula is C13H17ClN2O2. The third-order valence-corrected chi connectivity index (χ3v) is 3.62. The van der Waals surface area contributed by atoms with Crippen molar-refractivity contribution in [2.45, 2.75) is 25.9 Å².